The van der Waals surface area contributed by atoms with Crippen molar-refractivity contribution in [2.45, 2.75) is 25.7 Å². The maximum atomic E-state index is 15.1. The molecule has 0 amide bonds. The van der Waals surface area contributed by atoms with E-state index < -0.39 is 5.82 Å². The standard InChI is InChI=1S/C29H32FN9O/c1-19-14-22-23(34-19)7-8-25(29(22)30)40-18-33-28(39-12-10-38(11-13-39)21-4-3-9-32-17-21)16-26(31-2)35-27-15-24(36-37-27)20-5-6-20/h3-4,7-9,14-17,20,34H,2,5-6,10-13,18H2,1H3,(H2,35,36,37)/b26-16+,33-28+. The smallest absolute Gasteiger partial charge is 0.181 e. The molecule has 0 unspecified atom stereocenters. The molecule has 10 nitrogen and oxygen atoms in total. The number of benzene rings is 1. The van der Waals surface area contributed by atoms with E-state index in [1.165, 1.54) is 12.8 Å². The Morgan fingerprint density at radius 1 is 1.23 bits per heavy atom. The number of aliphatic imine (C=N–C) groups is 2. The summed E-state index contributed by atoms with van der Waals surface area (Å²) in [6.45, 7) is 8.63. The number of aryl methyl sites for hydroxylation is 1. The van der Waals surface area contributed by atoms with E-state index in [0.717, 1.165) is 48.8 Å². The van der Waals surface area contributed by atoms with Gasteiger partial charge >= 0.3 is 0 Å². The summed E-state index contributed by atoms with van der Waals surface area (Å²) >= 11 is 0. The number of pyridine rings is 1. The van der Waals surface area contributed by atoms with E-state index in [1.807, 2.05) is 37.4 Å². The lowest BCUT2D eigenvalue weighted by atomic mass is 10.2. The van der Waals surface area contributed by atoms with Crippen LogP contribution in [-0.2, 0) is 0 Å². The molecule has 1 saturated heterocycles. The molecule has 4 heterocycles. The molecule has 2 fully saturated rings. The van der Waals surface area contributed by atoms with Crippen molar-refractivity contribution in [1.29, 1.82) is 0 Å². The quantitative estimate of drug-likeness (QED) is 0.207. The van der Waals surface area contributed by atoms with E-state index in [9.17, 15) is 0 Å². The van der Waals surface area contributed by atoms with Crippen LogP contribution in [0.25, 0.3) is 10.9 Å². The Bertz CT molecular complexity index is 1550. The van der Waals surface area contributed by atoms with Crippen molar-refractivity contribution in [3.8, 4) is 5.75 Å². The lowest BCUT2D eigenvalue weighted by molar-refractivity contribution is 0.309. The Morgan fingerprint density at radius 2 is 2.08 bits per heavy atom. The number of H-pyrrole nitrogens is 2. The van der Waals surface area contributed by atoms with Crippen molar-refractivity contribution in [1.82, 2.24) is 25.1 Å². The molecule has 1 saturated carbocycles. The van der Waals surface area contributed by atoms with Crippen LogP contribution in [0.3, 0.4) is 0 Å². The maximum Gasteiger partial charge on any atom is 0.181 e. The molecule has 3 N–H and O–H groups in total. The van der Waals surface area contributed by atoms with E-state index in [4.69, 9.17) is 9.73 Å². The van der Waals surface area contributed by atoms with Crippen molar-refractivity contribution < 1.29 is 9.13 Å². The molecule has 2 aliphatic rings. The van der Waals surface area contributed by atoms with E-state index >= 15 is 4.39 Å². The van der Waals surface area contributed by atoms with E-state index in [1.54, 1.807) is 18.3 Å². The second-order valence-corrected chi connectivity index (χ2v) is 10.1. The number of rotatable bonds is 9. The molecule has 1 aliphatic carbocycles. The predicted octanol–water partition coefficient (Wildman–Crippen LogP) is 4.82. The highest BCUT2D eigenvalue weighted by molar-refractivity contribution is 5.94. The number of hydrogen-bond acceptors (Lipinski definition) is 7. The fourth-order valence-electron chi connectivity index (χ4n) is 4.92. The van der Waals surface area contributed by atoms with Gasteiger partial charge in [-0.2, -0.15) is 5.10 Å². The van der Waals surface area contributed by atoms with Gasteiger partial charge in [0.1, 0.15) is 11.7 Å². The first-order valence-corrected chi connectivity index (χ1v) is 13.4. The summed E-state index contributed by atoms with van der Waals surface area (Å²) in [5.74, 6) is 2.17. The molecule has 6 rings (SSSR count). The summed E-state index contributed by atoms with van der Waals surface area (Å²) in [5.41, 5.74) is 3.83. The lowest BCUT2D eigenvalue weighted by Crippen LogP contribution is -2.48. The molecule has 3 aromatic heterocycles. The Kier molecular flexibility index (Phi) is 7.17. The molecule has 40 heavy (non-hydrogen) atoms. The van der Waals surface area contributed by atoms with Crippen molar-refractivity contribution in [2.24, 2.45) is 9.98 Å². The third-order valence-corrected chi connectivity index (χ3v) is 7.21. The molecule has 1 aromatic carbocycles. The number of fused-ring (bicyclic) bond motifs is 1. The topological polar surface area (TPSA) is 110 Å². The van der Waals surface area contributed by atoms with Crippen LogP contribution in [0.5, 0.6) is 5.75 Å². The highest BCUT2D eigenvalue weighted by Crippen LogP contribution is 2.39. The normalized spacial score (nSPS) is 16.4. The SMILES string of the molecule is C=N/C(=C\C(=N/COc1ccc2[nH]c(C)cc2c1F)N1CCN(c2cccnc2)CC1)Nc1cc(C2CC2)[nH]n1. The second kappa shape index (κ2) is 11.2. The van der Waals surface area contributed by atoms with Crippen LogP contribution in [0, 0.1) is 12.7 Å². The van der Waals surface area contributed by atoms with Gasteiger partial charge in [0.2, 0.25) is 0 Å². The first-order chi connectivity index (χ1) is 19.6. The predicted molar refractivity (Wildman–Crippen MR) is 156 cm³/mol. The van der Waals surface area contributed by atoms with Gasteiger partial charge in [0.25, 0.3) is 0 Å². The molecular weight excluding hydrogens is 509 g/mol. The van der Waals surface area contributed by atoms with Gasteiger partial charge in [0.15, 0.2) is 24.1 Å². The molecule has 0 radical (unpaired) electrons. The Labute approximate surface area is 231 Å². The van der Waals surface area contributed by atoms with Crippen molar-refractivity contribution >= 4 is 35.0 Å². The molecule has 206 valence electrons. The summed E-state index contributed by atoms with van der Waals surface area (Å²) in [6.07, 6.45) is 7.85. The lowest BCUT2D eigenvalue weighted by Gasteiger charge is -2.37. The molecule has 4 aromatic rings. The molecule has 0 bridgehead atoms. The first-order valence-electron chi connectivity index (χ1n) is 13.4. The number of amidine groups is 1. The van der Waals surface area contributed by atoms with Gasteiger partial charge < -0.3 is 24.8 Å². The first kappa shape index (κ1) is 25.6. The summed E-state index contributed by atoms with van der Waals surface area (Å²) < 4.78 is 20.9. The molecule has 11 heteroatoms. The van der Waals surface area contributed by atoms with Gasteiger partial charge in [-0.05, 0) is 56.8 Å². The summed E-state index contributed by atoms with van der Waals surface area (Å²) in [6, 6.07) is 11.2. The maximum absolute atomic E-state index is 15.1. The number of aromatic amines is 2. The average Bonchev–Trinajstić information content (AvgIpc) is 3.60. The van der Waals surface area contributed by atoms with Gasteiger partial charge in [-0.1, -0.05) is 0 Å². The highest BCUT2D eigenvalue weighted by Gasteiger charge is 2.26. The third kappa shape index (κ3) is 5.68. The number of nitrogens with one attached hydrogen (secondary N) is 3. The fourth-order valence-corrected chi connectivity index (χ4v) is 4.92. The van der Waals surface area contributed by atoms with Crippen LogP contribution in [0.4, 0.5) is 15.9 Å². The average molecular weight is 542 g/mol. The minimum Gasteiger partial charge on any atom is -0.468 e. The monoisotopic (exact) mass is 541 g/mol. The summed E-state index contributed by atoms with van der Waals surface area (Å²) in [4.78, 5) is 20.7. The summed E-state index contributed by atoms with van der Waals surface area (Å²) in [5, 5.41) is 11.2. The van der Waals surface area contributed by atoms with Gasteiger partial charge in [-0.25, -0.2) is 14.4 Å². The zero-order chi connectivity index (χ0) is 27.5. The zero-order valence-electron chi connectivity index (χ0n) is 22.4. The largest absolute Gasteiger partial charge is 0.468 e. The Balaban J connectivity index is 1.21. The van der Waals surface area contributed by atoms with Crippen LogP contribution in [0.1, 0.15) is 30.1 Å². The van der Waals surface area contributed by atoms with Crippen LogP contribution < -0.4 is 15.0 Å². The van der Waals surface area contributed by atoms with E-state index in [2.05, 4.69) is 53.1 Å². The van der Waals surface area contributed by atoms with Gasteiger partial charge in [-0.15, -0.1) is 0 Å². The summed E-state index contributed by atoms with van der Waals surface area (Å²) in [7, 11) is 0. The van der Waals surface area contributed by atoms with Crippen molar-refractivity contribution in [3.05, 3.63) is 77.9 Å². The van der Waals surface area contributed by atoms with Crippen molar-refractivity contribution in [2.75, 3.05) is 43.1 Å². The number of nitrogens with zero attached hydrogens (tertiary/aromatic N) is 6. The molecule has 0 spiro atoms. The number of aromatic nitrogens is 4. The van der Waals surface area contributed by atoms with E-state index in [0.29, 0.717) is 28.8 Å². The second-order valence-electron chi connectivity index (χ2n) is 10.1. The number of hydrogen-bond donors (Lipinski definition) is 3. The minimum atomic E-state index is -0.403. The molecular formula is C29H32FN9O. The molecule has 0 atom stereocenters. The van der Waals surface area contributed by atoms with Gasteiger partial charge in [0, 0.05) is 72.7 Å². The van der Waals surface area contributed by atoms with Gasteiger partial charge in [0.05, 0.1) is 11.9 Å². The van der Waals surface area contributed by atoms with Crippen LogP contribution >= 0.6 is 0 Å². The fraction of sp³-hybridized carbons (Fsp3) is 0.310. The minimum absolute atomic E-state index is 0.0564. The van der Waals surface area contributed by atoms with Gasteiger partial charge in [-0.3, -0.25) is 10.1 Å². The number of ether oxygens (including phenoxy) is 1. The number of halogens is 1. The third-order valence-electron chi connectivity index (χ3n) is 7.21. The van der Waals surface area contributed by atoms with Crippen LogP contribution in [-0.4, -0.2) is 70.5 Å². The van der Waals surface area contributed by atoms with Crippen molar-refractivity contribution in [3.63, 3.8) is 0 Å². The number of piperazine rings is 1. The number of anilines is 2. The Hall–Kier alpha value is -4.67. The highest BCUT2D eigenvalue weighted by atomic mass is 19.1. The molecule has 1 aliphatic heterocycles. The van der Waals surface area contributed by atoms with Crippen LogP contribution in [0.2, 0.25) is 0 Å². The Morgan fingerprint density at radius 3 is 2.83 bits per heavy atom. The van der Waals surface area contributed by atoms with Crippen LogP contribution in [0.15, 0.2) is 70.7 Å². The zero-order valence-corrected chi connectivity index (χ0v) is 22.4. The van der Waals surface area contributed by atoms with E-state index in [-0.39, 0.29) is 12.5 Å².